The zero-order chi connectivity index (χ0) is 13.5. The minimum absolute atomic E-state index is 0.363. The molecule has 0 fully saturated rings. The molecule has 1 N–H and O–H groups in total. The van der Waals surface area contributed by atoms with Gasteiger partial charge in [-0.25, -0.2) is 4.98 Å². The van der Waals surface area contributed by atoms with Crippen LogP contribution in [0.4, 0.5) is 0 Å². The first-order valence-electron chi connectivity index (χ1n) is 6.99. The van der Waals surface area contributed by atoms with Gasteiger partial charge in [0.2, 0.25) is 0 Å². The van der Waals surface area contributed by atoms with Crippen molar-refractivity contribution in [2.45, 2.75) is 45.7 Å². The Balaban J connectivity index is 1.86. The molecule has 0 aliphatic rings. The summed E-state index contributed by atoms with van der Waals surface area (Å²) in [6.07, 6.45) is 3.72. The summed E-state index contributed by atoms with van der Waals surface area (Å²) >= 11 is 1.65. The summed E-state index contributed by atoms with van der Waals surface area (Å²) in [7, 11) is 0. The molecule has 0 radical (unpaired) electrons. The molecular formula is C16H22N2S. The quantitative estimate of drug-likeness (QED) is 0.812. The smallest absolute Gasteiger partial charge is 0.0795 e. The van der Waals surface area contributed by atoms with Gasteiger partial charge in [0.05, 0.1) is 11.2 Å². The Morgan fingerprint density at radius 1 is 1.26 bits per heavy atom. The van der Waals surface area contributed by atoms with Gasteiger partial charge >= 0.3 is 0 Å². The zero-order valence-electron chi connectivity index (χ0n) is 11.7. The van der Waals surface area contributed by atoms with Gasteiger partial charge in [0.15, 0.2) is 0 Å². The van der Waals surface area contributed by atoms with E-state index in [0.717, 1.165) is 12.2 Å². The van der Waals surface area contributed by atoms with Crippen LogP contribution in [0.3, 0.4) is 0 Å². The predicted octanol–water partition coefficient (Wildman–Crippen LogP) is 4.34. The Morgan fingerprint density at radius 2 is 2.05 bits per heavy atom. The fourth-order valence-electron chi connectivity index (χ4n) is 2.05. The number of nitrogens with one attached hydrogen (secondary N) is 1. The topological polar surface area (TPSA) is 24.9 Å². The third kappa shape index (κ3) is 4.44. The maximum Gasteiger partial charge on any atom is 0.0795 e. The number of hydrogen-bond donors (Lipinski definition) is 1. The maximum absolute atomic E-state index is 4.29. The van der Waals surface area contributed by atoms with E-state index in [1.165, 1.54) is 30.4 Å². The molecule has 0 saturated carbocycles. The van der Waals surface area contributed by atoms with Crippen molar-refractivity contribution in [1.29, 1.82) is 0 Å². The lowest BCUT2D eigenvalue weighted by molar-refractivity contribution is 0.569. The molecule has 19 heavy (non-hydrogen) atoms. The van der Waals surface area contributed by atoms with Crippen LogP contribution in [0.5, 0.6) is 0 Å². The molecule has 102 valence electrons. The molecular weight excluding hydrogens is 252 g/mol. The van der Waals surface area contributed by atoms with Crippen LogP contribution in [0.1, 0.15) is 49.6 Å². The summed E-state index contributed by atoms with van der Waals surface area (Å²) in [5.41, 5.74) is 5.79. The molecule has 1 unspecified atom stereocenters. The zero-order valence-corrected chi connectivity index (χ0v) is 12.5. The Labute approximate surface area is 119 Å². The summed E-state index contributed by atoms with van der Waals surface area (Å²) < 4.78 is 0. The SMILES string of the molecule is CCCCc1ccc(C(C)NCc2cscn2)cc1. The molecule has 1 aromatic heterocycles. The summed E-state index contributed by atoms with van der Waals surface area (Å²) in [4.78, 5) is 4.29. The van der Waals surface area contributed by atoms with Crippen LogP contribution < -0.4 is 5.32 Å². The maximum atomic E-state index is 4.29. The number of rotatable bonds is 7. The number of unbranched alkanes of at least 4 members (excludes halogenated alkanes) is 1. The monoisotopic (exact) mass is 274 g/mol. The lowest BCUT2D eigenvalue weighted by atomic mass is 10.0. The van der Waals surface area contributed by atoms with E-state index < -0.39 is 0 Å². The Kier molecular flexibility index (Phi) is 5.55. The standard InChI is InChI=1S/C16H22N2S/c1-3-4-5-14-6-8-15(9-7-14)13(2)17-10-16-11-19-12-18-16/h6-9,11-13,17H,3-5,10H2,1-2H3. The number of aromatic nitrogens is 1. The van der Waals surface area contributed by atoms with Crippen molar-refractivity contribution in [3.05, 3.63) is 52.0 Å². The molecule has 0 aliphatic carbocycles. The fourth-order valence-corrected chi connectivity index (χ4v) is 2.61. The van der Waals surface area contributed by atoms with Crippen LogP contribution in [0.2, 0.25) is 0 Å². The summed E-state index contributed by atoms with van der Waals surface area (Å²) in [5.74, 6) is 0. The molecule has 1 atom stereocenters. The van der Waals surface area contributed by atoms with E-state index in [1.807, 2.05) is 5.51 Å². The van der Waals surface area contributed by atoms with Gasteiger partial charge in [0, 0.05) is 18.0 Å². The van der Waals surface area contributed by atoms with E-state index in [2.05, 4.69) is 53.8 Å². The molecule has 0 aliphatic heterocycles. The van der Waals surface area contributed by atoms with Crippen molar-refractivity contribution in [1.82, 2.24) is 10.3 Å². The molecule has 3 heteroatoms. The van der Waals surface area contributed by atoms with Gasteiger partial charge < -0.3 is 5.32 Å². The number of benzene rings is 1. The van der Waals surface area contributed by atoms with Gasteiger partial charge in [0.1, 0.15) is 0 Å². The highest BCUT2D eigenvalue weighted by Crippen LogP contribution is 2.15. The molecule has 1 heterocycles. The van der Waals surface area contributed by atoms with Gasteiger partial charge in [-0.2, -0.15) is 0 Å². The Morgan fingerprint density at radius 3 is 2.68 bits per heavy atom. The molecule has 0 amide bonds. The molecule has 0 bridgehead atoms. The van der Waals surface area contributed by atoms with Crippen LogP contribution in [0, 0.1) is 0 Å². The fraction of sp³-hybridized carbons (Fsp3) is 0.438. The van der Waals surface area contributed by atoms with Gasteiger partial charge in [0.25, 0.3) is 0 Å². The molecule has 1 aromatic carbocycles. The second-order valence-corrected chi connectivity index (χ2v) is 5.65. The van der Waals surface area contributed by atoms with E-state index in [0.29, 0.717) is 6.04 Å². The van der Waals surface area contributed by atoms with E-state index in [-0.39, 0.29) is 0 Å². The molecule has 2 rings (SSSR count). The largest absolute Gasteiger partial charge is 0.305 e. The average molecular weight is 274 g/mol. The third-order valence-electron chi connectivity index (χ3n) is 3.37. The van der Waals surface area contributed by atoms with E-state index in [9.17, 15) is 0 Å². The van der Waals surface area contributed by atoms with Gasteiger partial charge in [-0.15, -0.1) is 11.3 Å². The summed E-state index contributed by atoms with van der Waals surface area (Å²) in [6, 6.07) is 9.35. The minimum atomic E-state index is 0.363. The van der Waals surface area contributed by atoms with Gasteiger partial charge in [-0.3, -0.25) is 0 Å². The van der Waals surface area contributed by atoms with Crippen molar-refractivity contribution in [2.24, 2.45) is 0 Å². The van der Waals surface area contributed by atoms with Crippen molar-refractivity contribution in [2.75, 3.05) is 0 Å². The number of nitrogens with zero attached hydrogens (tertiary/aromatic N) is 1. The Bertz CT molecular complexity index is 462. The predicted molar refractivity (Wildman–Crippen MR) is 82.4 cm³/mol. The first kappa shape index (κ1) is 14.2. The number of thiazole rings is 1. The average Bonchev–Trinajstić information content (AvgIpc) is 2.96. The van der Waals surface area contributed by atoms with Gasteiger partial charge in [-0.05, 0) is 30.9 Å². The van der Waals surface area contributed by atoms with Crippen LogP contribution in [-0.2, 0) is 13.0 Å². The van der Waals surface area contributed by atoms with E-state index in [1.54, 1.807) is 11.3 Å². The van der Waals surface area contributed by atoms with Crippen molar-refractivity contribution >= 4 is 11.3 Å². The van der Waals surface area contributed by atoms with E-state index >= 15 is 0 Å². The lowest BCUT2D eigenvalue weighted by Crippen LogP contribution is -2.18. The van der Waals surface area contributed by atoms with Crippen molar-refractivity contribution in [3.63, 3.8) is 0 Å². The van der Waals surface area contributed by atoms with Crippen molar-refractivity contribution < 1.29 is 0 Å². The molecule has 0 saturated heterocycles. The highest BCUT2D eigenvalue weighted by molar-refractivity contribution is 7.07. The summed E-state index contributed by atoms with van der Waals surface area (Å²) in [5, 5.41) is 5.60. The normalized spacial score (nSPS) is 12.5. The van der Waals surface area contributed by atoms with E-state index in [4.69, 9.17) is 0 Å². The number of hydrogen-bond acceptors (Lipinski definition) is 3. The third-order valence-corrected chi connectivity index (χ3v) is 4.01. The van der Waals surface area contributed by atoms with Crippen LogP contribution >= 0.6 is 11.3 Å². The second-order valence-electron chi connectivity index (χ2n) is 4.93. The van der Waals surface area contributed by atoms with Crippen LogP contribution in [-0.4, -0.2) is 4.98 Å². The minimum Gasteiger partial charge on any atom is -0.305 e. The van der Waals surface area contributed by atoms with Crippen LogP contribution in [0.25, 0.3) is 0 Å². The van der Waals surface area contributed by atoms with Crippen molar-refractivity contribution in [3.8, 4) is 0 Å². The van der Waals surface area contributed by atoms with Crippen LogP contribution in [0.15, 0.2) is 35.2 Å². The highest BCUT2D eigenvalue weighted by atomic mass is 32.1. The Hall–Kier alpha value is -1.19. The molecule has 2 aromatic rings. The van der Waals surface area contributed by atoms with Gasteiger partial charge in [-0.1, -0.05) is 37.6 Å². The second kappa shape index (κ2) is 7.41. The highest BCUT2D eigenvalue weighted by Gasteiger charge is 2.05. The molecule has 2 nitrogen and oxygen atoms in total. The lowest BCUT2D eigenvalue weighted by Gasteiger charge is -2.14. The first-order chi connectivity index (χ1) is 9.29. The number of aryl methyl sites for hydroxylation is 1. The first-order valence-corrected chi connectivity index (χ1v) is 7.93. The molecule has 0 spiro atoms. The summed E-state index contributed by atoms with van der Waals surface area (Å²) in [6.45, 7) is 5.27.